The van der Waals surface area contributed by atoms with Crippen molar-refractivity contribution >= 4 is 18.6 Å². The summed E-state index contributed by atoms with van der Waals surface area (Å²) in [6.45, 7) is 4.50. The van der Waals surface area contributed by atoms with Gasteiger partial charge in [-0.05, 0) is 25.0 Å². The number of carboxylic acids is 1. The summed E-state index contributed by atoms with van der Waals surface area (Å²) in [5.41, 5.74) is -0.454. The fourth-order valence-corrected chi connectivity index (χ4v) is 5.09. The number of hydrogen-bond acceptors (Lipinski definition) is 3. The highest BCUT2D eigenvalue weighted by Crippen LogP contribution is 2.54. The zero-order valence-corrected chi connectivity index (χ0v) is 14.4. The topological polar surface area (TPSA) is 63.6 Å². The van der Waals surface area contributed by atoms with E-state index in [1.165, 1.54) is 0 Å². The Morgan fingerprint density at radius 3 is 2.36 bits per heavy atom. The molecular weight excluding hydrogens is 299 g/mol. The van der Waals surface area contributed by atoms with Crippen LogP contribution in [0.2, 0.25) is 0 Å². The van der Waals surface area contributed by atoms with Crippen LogP contribution >= 0.6 is 7.37 Å². The van der Waals surface area contributed by atoms with Gasteiger partial charge in [0.05, 0.1) is 18.7 Å². The molecule has 0 fully saturated rings. The predicted molar refractivity (Wildman–Crippen MR) is 90.1 cm³/mol. The lowest BCUT2D eigenvalue weighted by molar-refractivity contribution is -0.137. The Labute approximate surface area is 133 Å². The molecule has 2 unspecified atom stereocenters. The molecule has 5 heteroatoms. The van der Waals surface area contributed by atoms with Crippen molar-refractivity contribution in [2.24, 2.45) is 0 Å². The van der Waals surface area contributed by atoms with E-state index in [4.69, 9.17) is 4.52 Å². The van der Waals surface area contributed by atoms with Crippen molar-refractivity contribution in [3.05, 3.63) is 30.3 Å². The minimum Gasteiger partial charge on any atom is -0.481 e. The van der Waals surface area contributed by atoms with Gasteiger partial charge >= 0.3 is 5.97 Å². The van der Waals surface area contributed by atoms with E-state index in [-0.39, 0.29) is 6.42 Å². The summed E-state index contributed by atoms with van der Waals surface area (Å²) in [7, 11) is -3.18. The Kier molecular flexibility index (Phi) is 8.44. The maximum Gasteiger partial charge on any atom is 0.304 e. The molecule has 0 radical (unpaired) electrons. The Morgan fingerprint density at radius 1 is 1.18 bits per heavy atom. The Morgan fingerprint density at radius 2 is 1.82 bits per heavy atom. The first-order chi connectivity index (χ1) is 10.5. The lowest BCUT2D eigenvalue weighted by Gasteiger charge is -2.27. The second-order valence-corrected chi connectivity index (χ2v) is 8.21. The second kappa shape index (κ2) is 9.81. The molecule has 4 nitrogen and oxygen atoms in total. The molecule has 0 aliphatic rings. The van der Waals surface area contributed by atoms with Gasteiger partial charge in [-0.3, -0.25) is 9.36 Å². The number of rotatable bonds is 11. The highest BCUT2D eigenvalue weighted by atomic mass is 31.2. The maximum absolute atomic E-state index is 13.5. The summed E-state index contributed by atoms with van der Waals surface area (Å²) in [4.78, 5) is 11.2. The first-order valence-corrected chi connectivity index (χ1v) is 9.75. The zero-order valence-electron chi connectivity index (χ0n) is 13.5. The molecule has 22 heavy (non-hydrogen) atoms. The third kappa shape index (κ3) is 5.58. The van der Waals surface area contributed by atoms with E-state index in [0.29, 0.717) is 18.3 Å². The smallest absolute Gasteiger partial charge is 0.304 e. The van der Waals surface area contributed by atoms with Gasteiger partial charge in [0, 0.05) is 5.30 Å². The molecule has 2 atom stereocenters. The molecule has 1 N–H and O–H groups in total. The molecule has 1 rings (SSSR count). The number of hydrogen-bond donors (Lipinski definition) is 1. The van der Waals surface area contributed by atoms with Crippen LogP contribution < -0.4 is 5.30 Å². The van der Waals surface area contributed by atoms with Crippen LogP contribution in [0.5, 0.6) is 0 Å². The first kappa shape index (κ1) is 18.9. The average molecular weight is 326 g/mol. The van der Waals surface area contributed by atoms with Crippen LogP contribution in [0.15, 0.2) is 30.3 Å². The minimum absolute atomic E-state index is 0.113. The molecular formula is C17H27O4P. The lowest BCUT2D eigenvalue weighted by Crippen LogP contribution is -2.23. The molecule has 0 bridgehead atoms. The highest BCUT2D eigenvalue weighted by Gasteiger charge is 2.37. The first-order valence-electron chi connectivity index (χ1n) is 8.06. The Hall–Kier alpha value is -1.12. The van der Waals surface area contributed by atoms with Gasteiger partial charge in [0.2, 0.25) is 7.37 Å². The number of unbranched alkanes of at least 4 members (excludes halogenated alkanes) is 2. The van der Waals surface area contributed by atoms with Crippen LogP contribution in [0.1, 0.15) is 52.4 Å². The summed E-state index contributed by atoms with van der Waals surface area (Å²) in [5.74, 6) is -0.920. The van der Waals surface area contributed by atoms with Gasteiger partial charge in [0.1, 0.15) is 0 Å². The molecule has 1 aromatic carbocycles. The van der Waals surface area contributed by atoms with E-state index >= 15 is 0 Å². The molecule has 0 saturated carbocycles. The van der Waals surface area contributed by atoms with E-state index in [0.717, 1.165) is 25.7 Å². The number of carboxylic acid groups (broad SMARTS) is 1. The monoisotopic (exact) mass is 326 g/mol. The minimum atomic E-state index is -3.18. The standard InChI is InChI=1S/C17H27O4P/c1-3-5-10-16(14-17(18)19)22(20,21-13-6-4-2)15-11-8-7-9-12-15/h7-9,11-12,16H,3-6,10,13-14H2,1-2H3,(H,18,19). The van der Waals surface area contributed by atoms with E-state index in [9.17, 15) is 14.5 Å². The molecule has 0 aliphatic carbocycles. The highest BCUT2D eigenvalue weighted by molar-refractivity contribution is 7.67. The summed E-state index contributed by atoms with van der Waals surface area (Å²) >= 11 is 0. The van der Waals surface area contributed by atoms with E-state index in [2.05, 4.69) is 0 Å². The van der Waals surface area contributed by atoms with E-state index in [1.807, 2.05) is 32.0 Å². The quantitative estimate of drug-likeness (QED) is 0.482. The zero-order chi connectivity index (χ0) is 16.4. The Balaban J connectivity index is 3.08. The summed E-state index contributed by atoms with van der Waals surface area (Å²) in [6.07, 6.45) is 4.07. The fourth-order valence-electron chi connectivity index (χ4n) is 2.40. The lowest BCUT2D eigenvalue weighted by atomic mass is 10.1. The van der Waals surface area contributed by atoms with E-state index < -0.39 is 19.0 Å². The number of benzene rings is 1. The van der Waals surface area contributed by atoms with Gasteiger partial charge < -0.3 is 9.63 Å². The van der Waals surface area contributed by atoms with Gasteiger partial charge in [-0.2, -0.15) is 0 Å². The fraction of sp³-hybridized carbons (Fsp3) is 0.588. The van der Waals surface area contributed by atoms with Crippen LogP contribution in [0.3, 0.4) is 0 Å². The third-order valence-electron chi connectivity index (χ3n) is 3.68. The van der Waals surface area contributed by atoms with Gasteiger partial charge in [0.25, 0.3) is 0 Å². The summed E-state index contributed by atoms with van der Waals surface area (Å²) in [5, 5.41) is 9.82. The largest absolute Gasteiger partial charge is 0.481 e. The molecule has 0 aromatic heterocycles. The predicted octanol–water partition coefficient (Wildman–Crippen LogP) is 4.44. The van der Waals surface area contributed by atoms with Crippen molar-refractivity contribution in [2.75, 3.05) is 6.61 Å². The van der Waals surface area contributed by atoms with Gasteiger partial charge in [-0.25, -0.2) is 0 Å². The molecule has 124 valence electrons. The molecule has 0 amide bonds. The van der Waals surface area contributed by atoms with Crippen molar-refractivity contribution in [1.82, 2.24) is 0 Å². The van der Waals surface area contributed by atoms with Gasteiger partial charge in [0.15, 0.2) is 0 Å². The second-order valence-electron chi connectivity index (χ2n) is 5.51. The summed E-state index contributed by atoms with van der Waals surface area (Å²) in [6, 6.07) is 9.07. The van der Waals surface area contributed by atoms with Crippen LogP contribution in [-0.4, -0.2) is 23.3 Å². The molecule has 1 aromatic rings. The van der Waals surface area contributed by atoms with Gasteiger partial charge in [-0.15, -0.1) is 0 Å². The molecule has 0 spiro atoms. The molecule has 0 heterocycles. The average Bonchev–Trinajstić information content (AvgIpc) is 2.52. The van der Waals surface area contributed by atoms with Crippen LogP contribution in [0.25, 0.3) is 0 Å². The van der Waals surface area contributed by atoms with Crippen molar-refractivity contribution in [1.29, 1.82) is 0 Å². The molecule has 0 aliphatic heterocycles. The molecule has 0 saturated heterocycles. The van der Waals surface area contributed by atoms with Crippen LogP contribution in [0, 0.1) is 0 Å². The van der Waals surface area contributed by atoms with Crippen molar-refractivity contribution in [3.8, 4) is 0 Å². The van der Waals surface area contributed by atoms with Gasteiger partial charge in [-0.1, -0.05) is 51.3 Å². The Bertz CT molecular complexity index is 487. The maximum atomic E-state index is 13.5. The third-order valence-corrected chi connectivity index (χ3v) is 6.67. The van der Waals surface area contributed by atoms with E-state index in [1.54, 1.807) is 12.1 Å². The van der Waals surface area contributed by atoms with Crippen LogP contribution in [0.4, 0.5) is 0 Å². The number of carbonyl (C=O) groups is 1. The normalized spacial score (nSPS) is 15.2. The van der Waals surface area contributed by atoms with Crippen molar-refractivity contribution < 1.29 is 19.0 Å². The van der Waals surface area contributed by atoms with Crippen LogP contribution in [-0.2, 0) is 13.9 Å². The SMILES string of the molecule is CCCCOP(=O)(c1ccccc1)C(CCCC)CC(=O)O. The van der Waals surface area contributed by atoms with Crippen molar-refractivity contribution in [3.63, 3.8) is 0 Å². The van der Waals surface area contributed by atoms with Crippen molar-refractivity contribution in [2.45, 2.75) is 58.0 Å². The summed E-state index contributed by atoms with van der Waals surface area (Å²) < 4.78 is 19.4. The number of aliphatic carboxylic acids is 1.